The number of hydrogen-bond donors (Lipinski definition) is 0. The average Bonchev–Trinajstić information content (AvgIpc) is 2.96. The van der Waals surface area contributed by atoms with Gasteiger partial charge in [-0.2, -0.15) is 0 Å². The standard InChI is InChI=1S/C12H21N3/c1-3-5-10(6-4-2)12-14-13-9-15(12)11-7-8-11/h9-11H,3-8H2,1-2H3. The highest BCUT2D eigenvalue weighted by Crippen LogP contribution is 2.38. The van der Waals surface area contributed by atoms with E-state index in [1.54, 1.807) is 0 Å². The third-order valence-corrected chi connectivity index (χ3v) is 3.18. The van der Waals surface area contributed by atoms with Crippen molar-refractivity contribution < 1.29 is 0 Å². The predicted molar refractivity (Wildman–Crippen MR) is 60.9 cm³/mol. The molecule has 2 rings (SSSR count). The van der Waals surface area contributed by atoms with Gasteiger partial charge < -0.3 is 4.57 Å². The maximum Gasteiger partial charge on any atom is 0.136 e. The molecule has 0 atom stereocenters. The van der Waals surface area contributed by atoms with Crippen LogP contribution in [0.25, 0.3) is 0 Å². The van der Waals surface area contributed by atoms with Gasteiger partial charge in [-0.25, -0.2) is 0 Å². The van der Waals surface area contributed by atoms with E-state index in [4.69, 9.17) is 0 Å². The largest absolute Gasteiger partial charge is 0.314 e. The fourth-order valence-electron chi connectivity index (χ4n) is 2.28. The van der Waals surface area contributed by atoms with Gasteiger partial charge in [0.1, 0.15) is 12.2 Å². The van der Waals surface area contributed by atoms with E-state index in [2.05, 4.69) is 28.6 Å². The van der Waals surface area contributed by atoms with Crippen LogP contribution in [0.2, 0.25) is 0 Å². The maximum atomic E-state index is 4.33. The van der Waals surface area contributed by atoms with E-state index < -0.39 is 0 Å². The fourth-order valence-corrected chi connectivity index (χ4v) is 2.28. The van der Waals surface area contributed by atoms with Crippen LogP contribution in [0.15, 0.2) is 6.33 Å². The molecule has 1 fully saturated rings. The molecular weight excluding hydrogens is 186 g/mol. The number of hydrogen-bond acceptors (Lipinski definition) is 2. The Labute approximate surface area is 91.9 Å². The minimum Gasteiger partial charge on any atom is -0.314 e. The van der Waals surface area contributed by atoms with E-state index in [-0.39, 0.29) is 0 Å². The van der Waals surface area contributed by atoms with Gasteiger partial charge in [-0.05, 0) is 25.7 Å². The van der Waals surface area contributed by atoms with Crippen LogP contribution in [0, 0.1) is 0 Å². The highest BCUT2D eigenvalue weighted by molar-refractivity contribution is 5.01. The van der Waals surface area contributed by atoms with Crippen molar-refractivity contribution in [1.29, 1.82) is 0 Å². The minimum absolute atomic E-state index is 0.628. The van der Waals surface area contributed by atoms with Crippen molar-refractivity contribution in [1.82, 2.24) is 14.8 Å². The smallest absolute Gasteiger partial charge is 0.136 e. The van der Waals surface area contributed by atoms with Crippen molar-refractivity contribution in [3.05, 3.63) is 12.2 Å². The Morgan fingerprint density at radius 2 is 2.00 bits per heavy atom. The molecule has 0 N–H and O–H groups in total. The Bertz CT molecular complexity index is 296. The lowest BCUT2D eigenvalue weighted by molar-refractivity contribution is 0.503. The molecule has 0 unspecified atom stereocenters. The van der Waals surface area contributed by atoms with Gasteiger partial charge in [0.05, 0.1) is 0 Å². The first kappa shape index (κ1) is 10.7. The molecule has 0 aromatic carbocycles. The summed E-state index contributed by atoms with van der Waals surface area (Å²) in [6, 6.07) is 0.714. The van der Waals surface area contributed by atoms with E-state index in [9.17, 15) is 0 Å². The first-order valence-electron chi connectivity index (χ1n) is 6.26. The van der Waals surface area contributed by atoms with Crippen molar-refractivity contribution in [3.8, 4) is 0 Å². The minimum atomic E-state index is 0.628. The third-order valence-electron chi connectivity index (χ3n) is 3.18. The predicted octanol–water partition coefficient (Wildman–Crippen LogP) is 3.30. The van der Waals surface area contributed by atoms with Gasteiger partial charge in [-0.1, -0.05) is 26.7 Å². The summed E-state index contributed by atoms with van der Waals surface area (Å²) >= 11 is 0. The van der Waals surface area contributed by atoms with Crippen LogP contribution >= 0.6 is 0 Å². The van der Waals surface area contributed by atoms with E-state index in [0.717, 1.165) is 0 Å². The van der Waals surface area contributed by atoms with Gasteiger partial charge in [-0.15, -0.1) is 10.2 Å². The normalized spacial score (nSPS) is 16.2. The molecule has 3 nitrogen and oxygen atoms in total. The Balaban J connectivity index is 2.12. The molecule has 1 aliphatic rings. The average molecular weight is 207 g/mol. The van der Waals surface area contributed by atoms with Crippen molar-refractivity contribution in [3.63, 3.8) is 0 Å². The molecule has 3 heteroatoms. The molecule has 1 aromatic rings. The second kappa shape index (κ2) is 4.77. The molecule has 84 valence electrons. The van der Waals surface area contributed by atoms with E-state index in [1.165, 1.54) is 44.3 Å². The zero-order valence-electron chi connectivity index (χ0n) is 9.82. The van der Waals surface area contributed by atoms with Crippen LogP contribution in [0.5, 0.6) is 0 Å². The summed E-state index contributed by atoms with van der Waals surface area (Å²) in [6.45, 7) is 4.50. The van der Waals surface area contributed by atoms with Crippen molar-refractivity contribution in [2.24, 2.45) is 0 Å². The molecule has 0 saturated heterocycles. The van der Waals surface area contributed by atoms with E-state index in [0.29, 0.717) is 12.0 Å². The summed E-state index contributed by atoms with van der Waals surface area (Å²) in [5, 5.41) is 8.41. The van der Waals surface area contributed by atoms with Gasteiger partial charge in [0, 0.05) is 12.0 Å². The van der Waals surface area contributed by atoms with Crippen molar-refractivity contribution >= 4 is 0 Å². The Hall–Kier alpha value is -0.860. The van der Waals surface area contributed by atoms with Crippen molar-refractivity contribution in [2.45, 2.75) is 64.3 Å². The molecule has 15 heavy (non-hydrogen) atoms. The highest BCUT2D eigenvalue weighted by atomic mass is 15.3. The molecule has 1 aromatic heterocycles. The summed E-state index contributed by atoms with van der Waals surface area (Å²) in [4.78, 5) is 0. The van der Waals surface area contributed by atoms with Gasteiger partial charge in [0.15, 0.2) is 0 Å². The molecule has 1 heterocycles. The Kier molecular flexibility index (Phi) is 3.39. The molecule has 0 aliphatic heterocycles. The van der Waals surface area contributed by atoms with Gasteiger partial charge in [0.25, 0.3) is 0 Å². The fraction of sp³-hybridized carbons (Fsp3) is 0.833. The summed E-state index contributed by atoms with van der Waals surface area (Å²) < 4.78 is 2.32. The summed E-state index contributed by atoms with van der Waals surface area (Å²) in [7, 11) is 0. The summed E-state index contributed by atoms with van der Waals surface area (Å²) in [5.41, 5.74) is 0. The molecule has 0 bridgehead atoms. The van der Waals surface area contributed by atoms with Crippen LogP contribution in [-0.4, -0.2) is 14.8 Å². The number of aromatic nitrogens is 3. The molecule has 0 radical (unpaired) electrons. The monoisotopic (exact) mass is 207 g/mol. The van der Waals surface area contributed by atoms with E-state index >= 15 is 0 Å². The Morgan fingerprint density at radius 3 is 2.53 bits per heavy atom. The molecular formula is C12H21N3. The first-order chi connectivity index (χ1) is 7.36. The van der Waals surface area contributed by atoms with Crippen LogP contribution in [-0.2, 0) is 0 Å². The lowest BCUT2D eigenvalue weighted by atomic mass is 9.97. The first-order valence-corrected chi connectivity index (χ1v) is 6.26. The second-order valence-electron chi connectivity index (χ2n) is 4.60. The summed E-state index contributed by atoms with van der Waals surface area (Å²) in [6.07, 6.45) is 9.53. The SMILES string of the molecule is CCCC(CCC)c1nncn1C1CC1. The second-order valence-corrected chi connectivity index (χ2v) is 4.60. The van der Waals surface area contributed by atoms with Crippen LogP contribution in [0.3, 0.4) is 0 Å². The Morgan fingerprint density at radius 1 is 1.33 bits per heavy atom. The van der Waals surface area contributed by atoms with Gasteiger partial charge >= 0.3 is 0 Å². The highest BCUT2D eigenvalue weighted by Gasteiger charge is 2.28. The van der Waals surface area contributed by atoms with Crippen LogP contribution in [0.4, 0.5) is 0 Å². The summed E-state index contributed by atoms with van der Waals surface area (Å²) in [5.74, 6) is 1.87. The maximum absolute atomic E-state index is 4.33. The van der Waals surface area contributed by atoms with Crippen molar-refractivity contribution in [2.75, 3.05) is 0 Å². The van der Waals surface area contributed by atoms with E-state index in [1.807, 2.05) is 6.33 Å². The third kappa shape index (κ3) is 2.39. The quantitative estimate of drug-likeness (QED) is 0.716. The number of nitrogens with zero attached hydrogens (tertiary/aromatic N) is 3. The molecule has 0 amide bonds. The van der Waals surface area contributed by atoms with Crippen LogP contribution in [0.1, 0.15) is 70.2 Å². The van der Waals surface area contributed by atoms with Crippen LogP contribution < -0.4 is 0 Å². The molecule has 1 saturated carbocycles. The lowest BCUT2D eigenvalue weighted by Crippen LogP contribution is -2.08. The molecule has 1 aliphatic carbocycles. The topological polar surface area (TPSA) is 30.7 Å². The number of rotatable bonds is 6. The lowest BCUT2D eigenvalue weighted by Gasteiger charge is -2.15. The van der Waals surface area contributed by atoms with Gasteiger partial charge in [0.2, 0.25) is 0 Å². The zero-order valence-corrected chi connectivity index (χ0v) is 9.82. The van der Waals surface area contributed by atoms with Gasteiger partial charge in [-0.3, -0.25) is 0 Å². The molecule has 0 spiro atoms. The zero-order chi connectivity index (χ0) is 10.7.